The van der Waals surface area contributed by atoms with Crippen LogP contribution in [0.25, 0.3) is 0 Å². The van der Waals surface area contributed by atoms with E-state index in [2.05, 4.69) is 15.9 Å². The van der Waals surface area contributed by atoms with Crippen molar-refractivity contribution in [3.05, 3.63) is 28.2 Å². The molecule has 0 amide bonds. The predicted octanol–water partition coefficient (Wildman–Crippen LogP) is 1.79. The predicted molar refractivity (Wildman–Crippen MR) is 84.2 cm³/mol. The zero-order valence-corrected chi connectivity index (χ0v) is 13.6. The van der Waals surface area contributed by atoms with Crippen LogP contribution in [0.2, 0.25) is 0 Å². The van der Waals surface area contributed by atoms with Gasteiger partial charge in [-0.2, -0.15) is 0 Å². The summed E-state index contributed by atoms with van der Waals surface area (Å²) in [5.41, 5.74) is 6.08. The molecule has 21 heavy (non-hydrogen) atoms. The number of ether oxygens (including phenoxy) is 4. The van der Waals surface area contributed by atoms with Gasteiger partial charge >= 0.3 is 0 Å². The van der Waals surface area contributed by atoms with Crippen molar-refractivity contribution in [2.45, 2.75) is 0 Å². The number of hydrogen-bond donors (Lipinski definition) is 2. The summed E-state index contributed by atoms with van der Waals surface area (Å²) >= 11 is 3.34. The van der Waals surface area contributed by atoms with E-state index >= 15 is 0 Å². The fourth-order valence-corrected chi connectivity index (χ4v) is 1.87. The first-order valence-corrected chi connectivity index (χ1v) is 7.35. The molecule has 0 aliphatic heterocycles. The van der Waals surface area contributed by atoms with E-state index in [0.717, 1.165) is 4.47 Å². The lowest BCUT2D eigenvalue weighted by atomic mass is 10.2. The molecular weight excluding hydrogens is 340 g/mol. The van der Waals surface area contributed by atoms with E-state index in [-0.39, 0.29) is 5.84 Å². The molecular formula is C14H21BrN2O4. The lowest BCUT2D eigenvalue weighted by Gasteiger charge is -2.11. The summed E-state index contributed by atoms with van der Waals surface area (Å²) < 4.78 is 21.9. The Kier molecular flexibility index (Phi) is 9.00. The topological polar surface area (TPSA) is 86.8 Å². The summed E-state index contributed by atoms with van der Waals surface area (Å²) in [4.78, 5) is 0. The molecule has 0 aromatic heterocycles. The van der Waals surface area contributed by atoms with Crippen LogP contribution in [0, 0.1) is 5.41 Å². The van der Waals surface area contributed by atoms with Crippen molar-refractivity contribution in [3.8, 4) is 5.75 Å². The standard InChI is InChI=1S/C14H21BrN2O4/c1-18-4-5-19-6-7-20-8-9-21-13-3-2-11(15)10-12(13)14(16)17/h2-3,10H,4-9H2,1H3,(H3,16,17). The van der Waals surface area contributed by atoms with Gasteiger partial charge < -0.3 is 24.7 Å². The number of methoxy groups -OCH3 is 1. The zero-order valence-electron chi connectivity index (χ0n) is 12.1. The number of nitrogens with two attached hydrogens (primary N) is 1. The monoisotopic (exact) mass is 360 g/mol. The van der Waals surface area contributed by atoms with Gasteiger partial charge in [-0.05, 0) is 18.2 Å². The van der Waals surface area contributed by atoms with Crippen LogP contribution in [0.15, 0.2) is 22.7 Å². The maximum Gasteiger partial charge on any atom is 0.130 e. The summed E-state index contributed by atoms with van der Waals surface area (Å²) in [6.45, 7) is 3.02. The van der Waals surface area contributed by atoms with Crippen LogP contribution < -0.4 is 10.5 Å². The zero-order chi connectivity index (χ0) is 15.5. The number of rotatable bonds is 11. The van der Waals surface area contributed by atoms with Gasteiger partial charge in [-0.3, -0.25) is 5.41 Å². The largest absolute Gasteiger partial charge is 0.490 e. The Morgan fingerprint density at radius 2 is 1.71 bits per heavy atom. The quantitative estimate of drug-likeness (QED) is 0.357. The molecule has 0 atom stereocenters. The van der Waals surface area contributed by atoms with Crippen molar-refractivity contribution >= 4 is 21.8 Å². The van der Waals surface area contributed by atoms with Crippen LogP contribution in [0.1, 0.15) is 5.56 Å². The minimum Gasteiger partial charge on any atom is -0.490 e. The number of hydrogen-bond acceptors (Lipinski definition) is 5. The highest BCUT2D eigenvalue weighted by Gasteiger charge is 2.07. The second-order valence-electron chi connectivity index (χ2n) is 4.12. The van der Waals surface area contributed by atoms with E-state index in [9.17, 15) is 0 Å². The van der Waals surface area contributed by atoms with Gasteiger partial charge in [-0.15, -0.1) is 0 Å². The minimum atomic E-state index is -0.0289. The van der Waals surface area contributed by atoms with Gasteiger partial charge in [0.2, 0.25) is 0 Å². The maximum absolute atomic E-state index is 7.52. The third-order valence-corrected chi connectivity index (χ3v) is 3.01. The molecule has 0 unspecified atom stereocenters. The first kappa shape index (κ1) is 17.9. The number of amidine groups is 1. The summed E-state index contributed by atoms with van der Waals surface area (Å²) in [7, 11) is 1.63. The first-order chi connectivity index (χ1) is 10.1. The van der Waals surface area contributed by atoms with Crippen molar-refractivity contribution in [2.75, 3.05) is 46.8 Å². The van der Waals surface area contributed by atoms with Crippen LogP contribution in [-0.4, -0.2) is 52.6 Å². The fourth-order valence-electron chi connectivity index (χ4n) is 1.51. The Balaban J connectivity index is 2.20. The molecule has 0 aliphatic rings. The SMILES string of the molecule is COCCOCCOCCOc1ccc(Br)cc1C(=N)N. The van der Waals surface area contributed by atoms with Crippen molar-refractivity contribution < 1.29 is 18.9 Å². The Bertz CT molecular complexity index is 443. The molecule has 7 heteroatoms. The van der Waals surface area contributed by atoms with E-state index in [4.69, 9.17) is 30.1 Å². The Hall–Kier alpha value is -1.15. The summed E-state index contributed by atoms with van der Waals surface area (Å²) in [6, 6.07) is 5.36. The molecule has 0 radical (unpaired) electrons. The van der Waals surface area contributed by atoms with E-state index in [1.807, 2.05) is 6.07 Å². The molecule has 0 bridgehead atoms. The van der Waals surface area contributed by atoms with Gasteiger partial charge in [-0.25, -0.2) is 0 Å². The minimum absolute atomic E-state index is 0.0289. The Morgan fingerprint density at radius 1 is 1.10 bits per heavy atom. The third-order valence-electron chi connectivity index (χ3n) is 2.52. The molecule has 0 saturated heterocycles. The molecule has 0 spiro atoms. The van der Waals surface area contributed by atoms with Crippen LogP contribution in [0.5, 0.6) is 5.75 Å². The lowest BCUT2D eigenvalue weighted by molar-refractivity contribution is 0.0179. The fraction of sp³-hybridized carbons (Fsp3) is 0.500. The van der Waals surface area contributed by atoms with Crippen molar-refractivity contribution in [3.63, 3.8) is 0 Å². The summed E-state index contributed by atoms with van der Waals surface area (Å²) in [6.07, 6.45) is 0. The highest BCUT2D eigenvalue weighted by Crippen LogP contribution is 2.22. The van der Waals surface area contributed by atoms with Gasteiger partial charge in [0.15, 0.2) is 0 Å². The highest BCUT2D eigenvalue weighted by molar-refractivity contribution is 9.10. The molecule has 0 fully saturated rings. The molecule has 1 aromatic carbocycles. The highest BCUT2D eigenvalue weighted by atomic mass is 79.9. The van der Waals surface area contributed by atoms with Gasteiger partial charge in [0.25, 0.3) is 0 Å². The number of halogens is 1. The van der Waals surface area contributed by atoms with E-state index < -0.39 is 0 Å². The molecule has 1 aromatic rings. The number of nitrogens with one attached hydrogen (secondary N) is 1. The molecule has 6 nitrogen and oxygen atoms in total. The molecule has 0 aliphatic carbocycles. The molecule has 0 heterocycles. The second kappa shape index (κ2) is 10.6. The summed E-state index contributed by atoms with van der Waals surface area (Å²) in [5, 5.41) is 7.52. The van der Waals surface area contributed by atoms with Crippen LogP contribution >= 0.6 is 15.9 Å². The van der Waals surface area contributed by atoms with E-state index in [1.54, 1.807) is 19.2 Å². The Morgan fingerprint density at radius 3 is 2.33 bits per heavy atom. The van der Waals surface area contributed by atoms with Crippen LogP contribution in [-0.2, 0) is 14.2 Å². The van der Waals surface area contributed by atoms with E-state index in [1.165, 1.54) is 0 Å². The average molecular weight is 361 g/mol. The molecule has 0 saturated carbocycles. The number of nitrogen functional groups attached to an aromatic ring is 1. The van der Waals surface area contributed by atoms with E-state index in [0.29, 0.717) is 51.0 Å². The van der Waals surface area contributed by atoms with Gasteiger partial charge in [-0.1, -0.05) is 15.9 Å². The Labute approximate surface area is 133 Å². The molecule has 3 N–H and O–H groups in total. The van der Waals surface area contributed by atoms with Crippen LogP contribution in [0.4, 0.5) is 0 Å². The molecule has 1 rings (SSSR count). The molecule has 118 valence electrons. The second-order valence-corrected chi connectivity index (χ2v) is 5.04. The normalized spacial score (nSPS) is 10.6. The van der Waals surface area contributed by atoms with Crippen molar-refractivity contribution in [1.29, 1.82) is 5.41 Å². The van der Waals surface area contributed by atoms with Gasteiger partial charge in [0.1, 0.15) is 18.2 Å². The van der Waals surface area contributed by atoms with Crippen LogP contribution in [0.3, 0.4) is 0 Å². The average Bonchev–Trinajstić information content (AvgIpc) is 2.46. The van der Waals surface area contributed by atoms with Crippen molar-refractivity contribution in [2.24, 2.45) is 5.73 Å². The van der Waals surface area contributed by atoms with Gasteiger partial charge in [0.05, 0.1) is 38.6 Å². The van der Waals surface area contributed by atoms with Gasteiger partial charge in [0, 0.05) is 11.6 Å². The van der Waals surface area contributed by atoms with Crippen molar-refractivity contribution in [1.82, 2.24) is 0 Å². The third kappa shape index (κ3) is 7.42. The lowest BCUT2D eigenvalue weighted by Crippen LogP contribution is -2.16. The maximum atomic E-state index is 7.52. The number of benzene rings is 1. The summed E-state index contributed by atoms with van der Waals surface area (Å²) in [5.74, 6) is 0.546. The first-order valence-electron chi connectivity index (χ1n) is 6.56. The smallest absolute Gasteiger partial charge is 0.130 e.